The van der Waals surface area contributed by atoms with Gasteiger partial charge in [-0.3, -0.25) is 9.59 Å². The van der Waals surface area contributed by atoms with Gasteiger partial charge >= 0.3 is 12.0 Å². The van der Waals surface area contributed by atoms with Crippen LogP contribution in [-0.4, -0.2) is 53.1 Å². The molecule has 28 heavy (non-hydrogen) atoms. The van der Waals surface area contributed by atoms with Gasteiger partial charge in [0.05, 0.1) is 5.92 Å². The van der Waals surface area contributed by atoms with Crippen molar-refractivity contribution < 1.29 is 23.9 Å². The number of benzene rings is 1. The lowest BCUT2D eigenvalue weighted by Crippen LogP contribution is -2.51. The molecule has 1 saturated carbocycles. The van der Waals surface area contributed by atoms with E-state index in [2.05, 4.69) is 10.6 Å². The number of carbonyl (C=O) groups is 3. The zero-order valence-corrected chi connectivity index (χ0v) is 15.7. The second kappa shape index (κ2) is 9.03. The van der Waals surface area contributed by atoms with Crippen molar-refractivity contribution >= 4 is 17.9 Å². The zero-order valence-electron chi connectivity index (χ0n) is 15.7. The van der Waals surface area contributed by atoms with Gasteiger partial charge in [0.1, 0.15) is 5.82 Å². The van der Waals surface area contributed by atoms with E-state index in [1.807, 2.05) is 0 Å². The predicted molar refractivity (Wildman–Crippen MR) is 100 cm³/mol. The highest BCUT2D eigenvalue weighted by molar-refractivity contribution is 5.94. The van der Waals surface area contributed by atoms with Crippen LogP contribution in [0.15, 0.2) is 24.3 Å². The van der Waals surface area contributed by atoms with Crippen molar-refractivity contribution in [2.75, 3.05) is 13.1 Å². The van der Waals surface area contributed by atoms with Gasteiger partial charge in [-0.1, -0.05) is 0 Å². The van der Waals surface area contributed by atoms with E-state index in [0.29, 0.717) is 57.2 Å². The Morgan fingerprint density at radius 3 is 2.04 bits per heavy atom. The van der Waals surface area contributed by atoms with Crippen LogP contribution in [-0.2, 0) is 4.79 Å². The highest BCUT2D eigenvalue weighted by Gasteiger charge is 2.29. The molecule has 1 heterocycles. The number of carboxylic acids is 1. The summed E-state index contributed by atoms with van der Waals surface area (Å²) in [6.07, 6.45) is 3.88. The first kappa shape index (κ1) is 20.1. The SMILES string of the molecule is O=C(NC1CCN(C(=O)NC2CCC(C(=O)O)CC2)CC1)c1ccc(F)cc1. The second-order valence-corrected chi connectivity index (χ2v) is 7.58. The van der Waals surface area contributed by atoms with E-state index in [-0.39, 0.29) is 35.8 Å². The number of rotatable bonds is 4. The van der Waals surface area contributed by atoms with Crippen molar-refractivity contribution in [2.45, 2.75) is 50.6 Å². The largest absolute Gasteiger partial charge is 0.481 e. The van der Waals surface area contributed by atoms with E-state index in [1.54, 1.807) is 4.90 Å². The Balaban J connectivity index is 1.40. The second-order valence-electron chi connectivity index (χ2n) is 7.58. The molecule has 2 aliphatic rings. The van der Waals surface area contributed by atoms with Crippen molar-refractivity contribution in [2.24, 2.45) is 5.92 Å². The van der Waals surface area contributed by atoms with Crippen LogP contribution in [0.5, 0.6) is 0 Å². The number of amides is 3. The van der Waals surface area contributed by atoms with Gasteiger partial charge in [0.25, 0.3) is 5.91 Å². The lowest BCUT2D eigenvalue weighted by atomic mass is 9.86. The highest BCUT2D eigenvalue weighted by atomic mass is 19.1. The number of carbonyl (C=O) groups excluding carboxylic acids is 2. The average Bonchev–Trinajstić information content (AvgIpc) is 2.69. The number of hydrogen-bond donors (Lipinski definition) is 3. The smallest absolute Gasteiger partial charge is 0.317 e. The first-order chi connectivity index (χ1) is 13.4. The van der Waals surface area contributed by atoms with Crippen LogP contribution < -0.4 is 10.6 Å². The Labute approximate surface area is 163 Å². The lowest BCUT2D eigenvalue weighted by Gasteiger charge is -2.34. The summed E-state index contributed by atoms with van der Waals surface area (Å²) in [4.78, 5) is 37.4. The standard InChI is InChI=1S/C20H26FN3O4/c21-15-5-1-13(2-6-15)18(25)22-17-9-11-24(12-10-17)20(28)23-16-7-3-14(4-8-16)19(26)27/h1-2,5-6,14,16-17H,3-4,7-12H2,(H,22,25)(H,23,28)(H,26,27). The summed E-state index contributed by atoms with van der Waals surface area (Å²) < 4.78 is 12.9. The minimum atomic E-state index is -0.755. The Morgan fingerprint density at radius 1 is 0.893 bits per heavy atom. The topological polar surface area (TPSA) is 98.7 Å². The Kier molecular flexibility index (Phi) is 6.49. The van der Waals surface area contributed by atoms with E-state index in [4.69, 9.17) is 5.11 Å². The third kappa shape index (κ3) is 5.21. The van der Waals surface area contributed by atoms with Gasteiger partial charge in [0.15, 0.2) is 0 Å². The molecule has 1 saturated heterocycles. The third-order valence-electron chi connectivity index (χ3n) is 5.63. The molecule has 0 bridgehead atoms. The van der Waals surface area contributed by atoms with Crippen molar-refractivity contribution in [3.05, 3.63) is 35.6 Å². The molecule has 7 nitrogen and oxygen atoms in total. The molecule has 0 atom stereocenters. The number of hydrogen-bond acceptors (Lipinski definition) is 3. The molecular formula is C20H26FN3O4. The number of nitrogens with zero attached hydrogens (tertiary/aromatic N) is 1. The van der Waals surface area contributed by atoms with Gasteiger partial charge < -0.3 is 20.6 Å². The maximum Gasteiger partial charge on any atom is 0.317 e. The van der Waals surface area contributed by atoms with Crippen LogP contribution in [0.4, 0.5) is 9.18 Å². The van der Waals surface area contributed by atoms with Gasteiger partial charge in [-0.05, 0) is 62.8 Å². The molecule has 152 valence electrons. The van der Waals surface area contributed by atoms with Gasteiger partial charge in [0.2, 0.25) is 0 Å². The number of halogens is 1. The van der Waals surface area contributed by atoms with E-state index in [1.165, 1.54) is 24.3 Å². The van der Waals surface area contributed by atoms with E-state index >= 15 is 0 Å². The van der Waals surface area contributed by atoms with Crippen molar-refractivity contribution in [1.29, 1.82) is 0 Å². The van der Waals surface area contributed by atoms with Crippen molar-refractivity contribution in [3.63, 3.8) is 0 Å². The monoisotopic (exact) mass is 391 g/mol. The van der Waals surface area contributed by atoms with Crippen molar-refractivity contribution in [1.82, 2.24) is 15.5 Å². The molecule has 2 fully saturated rings. The summed E-state index contributed by atoms with van der Waals surface area (Å²) in [6.45, 7) is 1.09. The van der Waals surface area contributed by atoms with Gasteiger partial charge in [-0.15, -0.1) is 0 Å². The number of urea groups is 1. The third-order valence-corrected chi connectivity index (χ3v) is 5.63. The molecule has 1 aromatic rings. The number of carboxylic acid groups (broad SMARTS) is 1. The fourth-order valence-electron chi connectivity index (χ4n) is 3.85. The first-order valence-corrected chi connectivity index (χ1v) is 9.77. The lowest BCUT2D eigenvalue weighted by molar-refractivity contribution is -0.142. The maximum absolute atomic E-state index is 12.9. The molecule has 0 aromatic heterocycles. The predicted octanol–water partition coefficient (Wildman–Crippen LogP) is 2.37. The van der Waals surface area contributed by atoms with Crippen LogP contribution in [0, 0.1) is 11.7 Å². The molecule has 3 rings (SSSR count). The van der Waals surface area contributed by atoms with Gasteiger partial charge in [-0.25, -0.2) is 9.18 Å². The van der Waals surface area contributed by atoms with Gasteiger partial charge in [-0.2, -0.15) is 0 Å². The number of piperidine rings is 1. The quantitative estimate of drug-likeness (QED) is 0.734. The molecule has 0 unspecified atom stereocenters. The molecule has 1 aromatic carbocycles. The fourth-order valence-corrected chi connectivity index (χ4v) is 3.85. The number of nitrogens with one attached hydrogen (secondary N) is 2. The van der Waals surface area contributed by atoms with E-state index in [0.717, 1.165) is 0 Å². The minimum absolute atomic E-state index is 0.0207. The minimum Gasteiger partial charge on any atom is -0.481 e. The van der Waals surface area contributed by atoms with E-state index < -0.39 is 5.97 Å². The van der Waals surface area contributed by atoms with Crippen LogP contribution in [0.1, 0.15) is 48.9 Å². The Hall–Kier alpha value is -2.64. The number of aliphatic carboxylic acids is 1. The molecular weight excluding hydrogens is 365 g/mol. The van der Waals surface area contributed by atoms with Crippen molar-refractivity contribution in [3.8, 4) is 0 Å². The maximum atomic E-state index is 12.9. The highest BCUT2D eigenvalue weighted by Crippen LogP contribution is 2.24. The average molecular weight is 391 g/mol. The first-order valence-electron chi connectivity index (χ1n) is 9.77. The summed E-state index contributed by atoms with van der Waals surface area (Å²) in [5.74, 6) is -1.67. The van der Waals surface area contributed by atoms with Crippen LogP contribution in [0.2, 0.25) is 0 Å². The Morgan fingerprint density at radius 2 is 1.46 bits per heavy atom. The summed E-state index contributed by atoms with van der Waals surface area (Å²) in [7, 11) is 0. The van der Waals surface area contributed by atoms with Crippen LogP contribution >= 0.6 is 0 Å². The normalized spacial score (nSPS) is 23.1. The summed E-state index contributed by atoms with van der Waals surface area (Å²) in [5, 5.41) is 15.0. The molecule has 1 aliphatic carbocycles. The summed E-state index contributed by atoms with van der Waals surface area (Å²) in [6, 6.07) is 5.30. The number of likely N-dealkylation sites (tertiary alicyclic amines) is 1. The fraction of sp³-hybridized carbons (Fsp3) is 0.550. The summed E-state index contributed by atoms with van der Waals surface area (Å²) >= 11 is 0. The van der Waals surface area contributed by atoms with Gasteiger partial charge in [0, 0.05) is 30.7 Å². The molecule has 3 amide bonds. The van der Waals surface area contributed by atoms with Crippen LogP contribution in [0.25, 0.3) is 0 Å². The molecule has 3 N–H and O–H groups in total. The summed E-state index contributed by atoms with van der Waals surface area (Å²) in [5.41, 5.74) is 0.415. The molecule has 0 spiro atoms. The molecule has 8 heteroatoms. The zero-order chi connectivity index (χ0) is 20.1. The van der Waals surface area contributed by atoms with Crippen LogP contribution in [0.3, 0.4) is 0 Å². The Bertz CT molecular complexity index is 709. The molecule has 1 aliphatic heterocycles. The molecule has 0 radical (unpaired) electrons. The van der Waals surface area contributed by atoms with E-state index in [9.17, 15) is 18.8 Å².